The third-order valence-corrected chi connectivity index (χ3v) is 6.17. The summed E-state index contributed by atoms with van der Waals surface area (Å²) in [6, 6.07) is 4.14. The molecule has 1 aromatic carbocycles. The average Bonchev–Trinajstić information content (AvgIpc) is 3.32. The summed E-state index contributed by atoms with van der Waals surface area (Å²) in [5.41, 5.74) is 7.28. The quantitative estimate of drug-likeness (QED) is 0.859. The topological polar surface area (TPSA) is 47.6 Å². The molecule has 2 N–H and O–H groups in total. The molecule has 0 radical (unpaired) electrons. The molecule has 3 aliphatic heterocycles. The predicted molar refractivity (Wildman–Crippen MR) is 94.1 cm³/mol. The molecule has 4 atom stereocenters. The number of rotatable bonds is 3. The average molecular weight is 364 g/mol. The maximum Gasteiger partial charge on any atom is 0.239 e. The van der Waals surface area contributed by atoms with E-state index >= 15 is 0 Å². The van der Waals surface area contributed by atoms with Gasteiger partial charge >= 0.3 is 0 Å². The molecule has 3 saturated heterocycles. The van der Waals surface area contributed by atoms with Crippen LogP contribution in [0.1, 0.15) is 37.8 Å². The highest BCUT2D eigenvalue weighted by molar-refractivity contribution is 5.81. The lowest BCUT2D eigenvalue weighted by molar-refractivity contribution is -0.136. The van der Waals surface area contributed by atoms with Crippen molar-refractivity contribution >= 4 is 5.91 Å². The molecule has 4 unspecified atom stereocenters. The van der Waals surface area contributed by atoms with Gasteiger partial charge in [-0.1, -0.05) is 6.07 Å². The maximum atomic E-state index is 13.7. The van der Waals surface area contributed by atoms with Gasteiger partial charge < -0.3 is 4.90 Å². The first-order valence-electron chi connectivity index (χ1n) is 9.53. The second kappa shape index (κ2) is 7.21. The lowest BCUT2D eigenvalue weighted by atomic mass is 9.84. The first-order valence-corrected chi connectivity index (χ1v) is 9.53. The molecule has 26 heavy (non-hydrogen) atoms. The summed E-state index contributed by atoms with van der Waals surface area (Å²) in [6.45, 7) is 5.34. The number of nitrogens with one attached hydrogen (secondary N) is 2. The van der Waals surface area contributed by atoms with E-state index in [0.29, 0.717) is 0 Å². The van der Waals surface area contributed by atoms with Crippen molar-refractivity contribution < 1.29 is 13.6 Å². The number of likely N-dealkylation sites (tertiary alicyclic amines) is 2. The van der Waals surface area contributed by atoms with Crippen molar-refractivity contribution in [3.8, 4) is 0 Å². The van der Waals surface area contributed by atoms with Gasteiger partial charge in [-0.15, -0.1) is 0 Å². The zero-order valence-electron chi connectivity index (χ0n) is 15.0. The van der Waals surface area contributed by atoms with Gasteiger partial charge in [0.2, 0.25) is 5.91 Å². The number of piperidine rings is 1. The van der Waals surface area contributed by atoms with Gasteiger partial charge in [0.1, 0.15) is 0 Å². The summed E-state index contributed by atoms with van der Waals surface area (Å²) in [4.78, 5) is 16.9. The third-order valence-electron chi connectivity index (χ3n) is 6.17. The third kappa shape index (κ3) is 3.23. The minimum atomic E-state index is -0.827. The van der Waals surface area contributed by atoms with Gasteiger partial charge in [0.05, 0.1) is 12.1 Å². The maximum absolute atomic E-state index is 13.7. The number of carbonyl (C=O) groups excluding carboxylic acids is 1. The van der Waals surface area contributed by atoms with Crippen molar-refractivity contribution in [2.24, 2.45) is 5.92 Å². The largest absolute Gasteiger partial charge is 0.341 e. The summed E-state index contributed by atoms with van der Waals surface area (Å²) in [5.74, 6) is -1.23. The summed E-state index contributed by atoms with van der Waals surface area (Å²) >= 11 is 0. The van der Waals surface area contributed by atoms with Crippen LogP contribution in [-0.2, 0) is 4.79 Å². The first-order chi connectivity index (χ1) is 12.5. The molecule has 3 aliphatic rings. The van der Waals surface area contributed by atoms with Crippen LogP contribution in [0.2, 0.25) is 0 Å². The molecule has 0 bridgehead atoms. The molecule has 3 fully saturated rings. The van der Waals surface area contributed by atoms with Gasteiger partial charge in [0.15, 0.2) is 11.6 Å². The standard InChI is InChI=1S/C19H26F2N4O/c1-12(19(26)24-7-2-3-8-24)25-9-6-17-14(11-25)18(23-22-17)13-4-5-15(20)16(21)10-13/h4-5,10,12,14,17-18,22-23H,2-3,6-9,11H2,1H3. The Bertz CT molecular complexity index is 680. The number of nitrogens with zero attached hydrogens (tertiary/aromatic N) is 2. The fourth-order valence-electron chi connectivity index (χ4n) is 4.58. The molecule has 7 heteroatoms. The van der Waals surface area contributed by atoms with E-state index < -0.39 is 11.6 Å². The minimum Gasteiger partial charge on any atom is -0.341 e. The monoisotopic (exact) mass is 364 g/mol. The second-order valence-electron chi connectivity index (χ2n) is 7.70. The Morgan fingerprint density at radius 3 is 2.65 bits per heavy atom. The highest BCUT2D eigenvalue weighted by atomic mass is 19.2. The number of benzene rings is 1. The smallest absolute Gasteiger partial charge is 0.239 e. The van der Waals surface area contributed by atoms with E-state index in [1.807, 2.05) is 11.8 Å². The Kier molecular flexibility index (Phi) is 4.94. The van der Waals surface area contributed by atoms with Crippen molar-refractivity contribution in [2.45, 2.75) is 44.3 Å². The van der Waals surface area contributed by atoms with E-state index in [1.54, 1.807) is 6.07 Å². The van der Waals surface area contributed by atoms with E-state index in [4.69, 9.17) is 0 Å². The van der Waals surface area contributed by atoms with E-state index in [9.17, 15) is 13.6 Å². The van der Waals surface area contributed by atoms with Crippen LogP contribution < -0.4 is 10.9 Å². The molecule has 1 aromatic rings. The Balaban J connectivity index is 1.47. The van der Waals surface area contributed by atoms with Crippen LogP contribution >= 0.6 is 0 Å². The second-order valence-corrected chi connectivity index (χ2v) is 7.70. The first kappa shape index (κ1) is 17.8. The summed E-state index contributed by atoms with van der Waals surface area (Å²) in [7, 11) is 0. The molecule has 0 aliphatic carbocycles. The number of amides is 1. The van der Waals surface area contributed by atoms with Crippen LogP contribution in [0.25, 0.3) is 0 Å². The molecule has 1 amide bonds. The van der Waals surface area contributed by atoms with Crippen LogP contribution in [0.15, 0.2) is 18.2 Å². The minimum absolute atomic E-state index is 0.0908. The zero-order chi connectivity index (χ0) is 18.3. The number of halogens is 2. The van der Waals surface area contributed by atoms with Crippen molar-refractivity contribution in [3.63, 3.8) is 0 Å². The highest BCUT2D eigenvalue weighted by Gasteiger charge is 2.42. The fraction of sp³-hybridized carbons (Fsp3) is 0.632. The summed E-state index contributed by atoms with van der Waals surface area (Å²) in [6.07, 6.45) is 3.11. The molecule has 0 aromatic heterocycles. The van der Waals surface area contributed by atoms with E-state index in [2.05, 4.69) is 15.8 Å². The molecular weight excluding hydrogens is 338 g/mol. The molecule has 0 spiro atoms. The van der Waals surface area contributed by atoms with Gasteiger partial charge in [-0.2, -0.15) is 0 Å². The lowest BCUT2D eigenvalue weighted by Crippen LogP contribution is -2.53. The normalized spacial score (nSPS) is 30.4. The van der Waals surface area contributed by atoms with Gasteiger partial charge in [-0.3, -0.25) is 15.1 Å². The number of hydrogen-bond donors (Lipinski definition) is 2. The van der Waals surface area contributed by atoms with E-state index in [1.165, 1.54) is 12.1 Å². The molecule has 5 nitrogen and oxygen atoms in total. The molecule has 0 saturated carbocycles. The zero-order valence-corrected chi connectivity index (χ0v) is 15.0. The van der Waals surface area contributed by atoms with Crippen LogP contribution in [0.4, 0.5) is 8.78 Å². The van der Waals surface area contributed by atoms with Crippen LogP contribution in [0.3, 0.4) is 0 Å². The van der Waals surface area contributed by atoms with E-state index in [-0.39, 0.29) is 30.0 Å². The Hall–Kier alpha value is -1.57. The number of fused-ring (bicyclic) bond motifs is 1. The van der Waals surface area contributed by atoms with Crippen molar-refractivity contribution in [2.75, 3.05) is 26.2 Å². The molecule has 4 rings (SSSR count). The van der Waals surface area contributed by atoms with Crippen molar-refractivity contribution in [3.05, 3.63) is 35.4 Å². The number of carbonyl (C=O) groups is 1. The summed E-state index contributed by atoms with van der Waals surface area (Å²) in [5, 5.41) is 0. The number of hydrogen-bond acceptors (Lipinski definition) is 4. The van der Waals surface area contributed by atoms with Gasteiger partial charge in [0, 0.05) is 38.1 Å². The number of hydrazine groups is 1. The van der Waals surface area contributed by atoms with Gasteiger partial charge in [-0.05, 0) is 43.9 Å². The van der Waals surface area contributed by atoms with Gasteiger partial charge in [-0.25, -0.2) is 14.2 Å². The molecular formula is C19H26F2N4O. The highest BCUT2D eigenvalue weighted by Crippen LogP contribution is 2.35. The Morgan fingerprint density at radius 1 is 1.15 bits per heavy atom. The van der Waals surface area contributed by atoms with Crippen LogP contribution in [0, 0.1) is 17.6 Å². The van der Waals surface area contributed by atoms with Gasteiger partial charge in [0.25, 0.3) is 0 Å². The molecule has 142 valence electrons. The summed E-state index contributed by atoms with van der Waals surface area (Å²) < 4.78 is 26.9. The molecule has 3 heterocycles. The fourth-order valence-corrected chi connectivity index (χ4v) is 4.58. The predicted octanol–water partition coefficient (Wildman–Crippen LogP) is 1.82. The van der Waals surface area contributed by atoms with Crippen LogP contribution in [0.5, 0.6) is 0 Å². The lowest BCUT2D eigenvalue weighted by Gasteiger charge is -2.39. The Labute approximate surface area is 152 Å². The van der Waals surface area contributed by atoms with Crippen molar-refractivity contribution in [1.29, 1.82) is 0 Å². The SMILES string of the molecule is CC(C(=O)N1CCCC1)N1CCC2NNC(c3ccc(F)c(F)c3)C2C1. The van der Waals surface area contributed by atoms with E-state index in [0.717, 1.165) is 51.0 Å². The van der Waals surface area contributed by atoms with Crippen molar-refractivity contribution in [1.82, 2.24) is 20.7 Å². The van der Waals surface area contributed by atoms with Crippen LogP contribution in [-0.4, -0.2) is 54.0 Å². The Morgan fingerprint density at radius 2 is 1.92 bits per heavy atom.